The van der Waals surface area contributed by atoms with Gasteiger partial charge in [0.2, 0.25) is 0 Å². The zero-order chi connectivity index (χ0) is 18.7. The van der Waals surface area contributed by atoms with Crippen LogP contribution in [0.3, 0.4) is 0 Å². The number of carbonyl (C=O) groups is 1. The van der Waals surface area contributed by atoms with Crippen LogP contribution in [-0.4, -0.2) is 45.9 Å². The van der Waals surface area contributed by atoms with Crippen molar-refractivity contribution in [1.29, 1.82) is 5.26 Å². The third-order valence-electron chi connectivity index (χ3n) is 5.89. The molecule has 2 saturated heterocycles. The van der Waals surface area contributed by atoms with Gasteiger partial charge in [0, 0.05) is 43.1 Å². The Bertz CT molecular complexity index is 845. The number of nitrogens with zero attached hydrogens (tertiary/aromatic N) is 5. The first-order valence-corrected chi connectivity index (χ1v) is 9.55. The largest absolute Gasteiger partial charge is 0.355 e. The smallest absolute Gasteiger partial charge is 0.254 e. The van der Waals surface area contributed by atoms with Gasteiger partial charge in [0.05, 0.1) is 17.8 Å². The number of amides is 1. The molecular formula is C21H23N5O. The topological polar surface area (TPSA) is 73.1 Å². The highest BCUT2D eigenvalue weighted by atomic mass is 16.2. The van der Waals surface area contributed by atoms with Gasteiger partial charge in [-0.3, -0.25) is 9.78 Å². The Labute approximate surface area is 159 Å². The number of rotatable bonds is 2. The first-order valence-electron chi connectivity index (χ1n) is 9.55. The number of hydrogen-bond donors (Lipinski definition) is 0. The van der Waals surface area contributed by atoms with E-state index in [2.05, 4.69) is 25.8 Å². The van der Waals surface area contributed by atoms with E-state index in [0.717, 1.165) is 57.6 Å². The second kappa shape index (κ2) is 7.36. The highest BCUT2D eigenvalue weighted by molar-refractivity contribution is 5.95. The van der Waals surface area contributed by atoms with E-state index in [1.54, 1.807) is 36.7 Å². The van der Waals surface area contributed by atoms with Crippen LogP contribution in [0.15, 0.2) is 42.9 Å². The number of carbonyl (C=O) groups excluding carboxylic acids is 1. The van der Waals surface area contributed by atoms with Gasteiger partial charge in [0.15, 0.2) is 0 Å². The van der Waals surface area contributed by atoms with Gasteiger partial charge in [-0.05, 0) is 56.4 Å². The molecule has 4 rings (SSSR count). The van der Waals surface area contributed by atoms with E-state index in [1.165, 1.54) is 0 Å². The van der Waals surface area contributed by atoms with Gasteiger partial charge < -0.3 is 9.80 Å². The summed E-state index contributed by atoms with van der Waals surface area (Å²) in [6.45, 7) is 2.64. The van der Waals surface area contributed by atoms with E-state index in [9.17, 15) is 4.79 Å². The molecule has 0 aliphatic carbocycles. The summed E-state index contributed by atoms with van der Waals surface area (Å²) in [5.74, 6) is 1.00. The Hall–Kier alpha value is -2.94. The molecular weight excluding hydrogens is 338 g/mol. The van der Waals surface area contributed by atoms with Gasteiger partial charge in [0.25, 0.3) is 5.91 Å². The molecule has 1 amide bonds. The molecule has 1 atom stereocenters. The number of benzene rings is 1. The molecule has 0 N–H and O–H groups in total. The Morgan fingerprint density at radius 3 is 2.52 bits per heavy atom. The van der Waals surface area contributed by atoms with E-state index in [1.807, 2.05) is 6.20 Å². The first-order chi connectivity index (χ1) is 13.2. The Kier molecular flexibility index (Phi) is 4.76. The van der Waals surface area contributed by atoms with Crippen molar-refractivity contribution < 1.29 is 4.79 Å². The van der Waals surface area contributed by atoms with Crippen molar-refractivity contribution in [1.82, 2.24) is 14.9 Å². The summed E-state index contributed by atoms with van der Waals surface area (Å²) >= 11 is 0. The lowest BCUT2D eigenvalue weighted by Crippen LogP contribution is -2.48. The minimum absolute atomic E-state index is 0.0675. The molecule has 2 aromatic rings. The van der Waals surface area contributed by atoms with Gasteiger partial charge >= 0.3 is 0 Å². The monoisotopic (exact) mass is 361 g/mol. The molecule has 138 valence electrons. The van der Waals surface area contributed by atoms with Crippen molar-refractivity contribution in [3.8, 4) is 6.07 Å². The molecule has 2 aliphatic rings. The van der Waals surface area contributed by atoms with E-state index in [-0.39, 0.29) is 11.4 Å². The molecule has 1 aromatic carbocycles. The summed E-state index contributed by atoms with van der Waals surface area (Å²) in [4.78, 5) is 26.2. The van der Waals surface area contributed by atoms with Crippen LogP contribution in [0.2, 0.25) is 0 Å². The fourth-order valence-corrected chi connectivity index (χ4v) is 4.48. The molecule has 0 radical (unpaired) electrons. The van der Waals surface area contributed by atoms with Crippen LogP contribution in [0.1, 0.15) is 48.0 Å². The van der Waals surface area contributed by atoms with Crippen LogP contribution < -0.4 is 4.90 Å². The van der Waals surface area contributed by atoms with Gasteiger partial charge in [-0.1, -0.05) is 0 Å². The van der Waals surface area contributed by atoms with Crippen LogP contribution in [-0.2, 0) is 0 Å². The fraction of sp³-hybridized carbons (Fsp3) is 0.429. The average Bonchev–Trinajstić information content (AvgIpc) is 3.01. The van der Waals surface area contributed by atoms with Crippen LogP contribution in [0.25, 0.3) is 0 Å². The number of likely N-dealkylation sites (tertiary alicyclic amines) is 1. The molecule has 0 bridgehead atoms. The lowest BCUT2D eigenvalue weighted by Gasteiger charge is -2.38. The molecule has 1 aromatic heterocycles. The highest BCUT2D eigenvalue weighted by Gasteiger charge is 2.44. The quantitative estimate of drug-likeness (QED) is 0.822. The zero-order valence-electron chi connectivity index (χ0n) is 15.3. The van der Waals surface area contributed by atoms with Gasteiger partial charge in [-0.25, -0.2) is 4.98 Å². The van der Waals surface area contributed by atoms with E-state index in [0.29, 0.717) is 11.1 Å². The molecule has 3 heterocycles. The SMILES string of the molecule is N#Cc1ccc(C(=O)N2CCCC23CCCN(c2cnccn2)CC3)cc1. The van der Waals surface area contributed by atoms with E-state index >= 15 is 0 Å². The number of nitriles is 1. The Morgan fingerprint density at radius 1 is 1.04 bits per heavy atom. The third kappa shape index (κ3) is 3.37. The third-order valence-corrected chi connectivity index (χ3v) is 5.89. The lowest BCUT2D eigenvalue weighted by atomic mass is 9.87. The molecule has 1 unspecified atom stereocenters. The standard InChI is InChI=1S/C21H23N5O/c22-15-17-3-5-18(6-4-17)20(27)26-13-2-8-21(26)7-1-12-25(14-9-21)19-16-23-10-11-24-19/h3-6,10-11,16H,1-2,7-9,12-14H2. The lowest BCUT2D eigenvalue weighted by molar-refractivity contribution is 0.0566. The normalized spacial score (nSPS) is 22.5. The highest BCUT2D eigenvalue weighted by Crippen LogP contribution is 2.39. The van der Waals surface area contributed by atoms with E-state index in [4.69, 9.17) is 5.26 Å². The van der Waals surface area contributed by atoms with Crippen molar-refractivity contribution in [2.75, 3.05) is 24.5 Å². The maximum absolute atomic E-state index is 13.2. The average molecular weight is 361 g/mol. The number of hydrogen-bond acceptors (Lipinski definition) is 5. The fourth-order valence-electron chi connectivity index (χ4n) is 4.48. The van der Waals surface area contributed by atoms with Crippen molar-refractivity contribution in [3.05, 3.63) is 54.0 Å². The summed E-state index contributed by atoms with van der Waals surface area (Å²) in [6, 6.07) is 9.10. The molecule has 1 spiro atoms. The minimum Gasteiger partial charge on any atom is -0.355 e. The summed E-state index contributed by atoms with van der Waals surface area (Å²) < 4.78 is 0. The summed E-state index contributed by atoms with van der Waals surface area (Å²) in [6.07, 6.45) is 10.3. The predicted octanol–water partition coefficient (Wildman–Crippen LogP) is 3.01. The summed E-state index contributed by atoms with van der Waals surface area (Å²) in [7, 11) is 0. The van der Waals surface area contributed by atoms with Gasteiger partial charge in [-0.2, -0.15) is 5.26 Å². The van der Waals surface area contributed by atoms with Crippen LogP contribution >= 0.6 is 0 Å². The molecule has 6 nitrogen and oxygen atoms in total. The number of anilines is 1. The van der Waals surface area contributed by atoms with Crippen molar-refractivity contribution in [3.63, 3.8) is 0 Å². The Balaban J connectivity index is 1.53. The molecule has 2 fully saturated rings. The first kappa shape index (κ1) is 17.5. The number of aromatic nitrogens is 2. The summed E-state index contributed by atoms with van der Waals surface area (Å²) in [5.41, 5.74) is 1.18. The molecule has 2 aliphatic heterocycles. The Morgan fingerprint density at radius 2 is 1.81 bits per heavy atom. The minimum atomic E-state index is -0.0675. The predicted molar refractivity (Wildman–Crippen MR) is 102 cm³/mol. The summed E-state index contributed by atoms with van der Waals surface area (Å²) in [5, 5.41) is 8.97. The second-order valence-electron chi connectivity index (χ2n) is 7.38. The second-order valence-corrected chi connectivity index (χ2v) is 7.38. The van der Waals surface area contributed by atoms with Crippen LogP contribution in [0, 0.1) is 11.3 Å². The van der Waals surface area contributed by atoms with E-state index < -0.39 is 0 Å². The van der Waals surface area contributed by atoms with Crippen molar-refractivity contribution in [2.24, 2.45) is 0 Å². The van der Waals surface area contributed by atoms with Crippen LogP contribution in [0.4, 0.5) is 5.82 Å². The van der Waals surface area contributed by atoms with Crippen molar-refractivity contribution in [2.45, 2.75) is 37.6 Å². The molecule has 0 saturated carbocycles. The molecule has 27 heavy (non-hydrogen) atoms. The zero-order valence-corrected chi connectivity index (χ0v) is 15.3. The van der Waals surface area contributed by atoms with Crippen LogP contribution in [0.5, 0.6) is 0 Å². The van der Waals surface area contributed by atoms with Gasteiger partial charge in [-0.15, -0.1) is 0 Å². The van der Waals surface area contributed by atoms with Gasteiger partial charge in [0.1, 0.15) is 5.82 Å². The maximum Gasteiger partial charge on any atom is 0.254 e. The maximum atomic E-state index is 13.2. The van der Waals surface area contributed by atoms with Crippen molar-refractivity contribution >= 4 is 11.7 Å². The molecule has 6 heteroatoms.